The van der Waals surface area contributed by atoms with E-state index in [4.69, 9.17) is 16.3 Å². The van der Waals surface area contributed by atoms with Crippen molar-refractivity contribution in [1.82, 2.24) is 10.2 Å². The minimum Gasteiger partial charge on any atom is -0.494 e. The molecule has 0 radical (unpaired) electrons. The van der Waals surface area contributed by atoms with Gasteiger partial charge >= 0.3 is 0 Å². The first-order valence-corrected chi connectivity index (χ1v) is 9.20. The fourth-order valence-corrected chi connectivity index (χ4v) is 3.11. The second-order valence-corrected chi connectivity index (χ2v) is 7.35. The maximum atomic E-state index is 11.7. The molecule has 1 amide bonds. The number of carbonyl (C=O) groups is 1. The van der Waals surface area contributed by atoms with E-state index in [-0.39, 0.29) is 5.91 Å². The summed E-state index contributed by atoms with van der Waals surface area (Å²) in [5, 5.41) is 3.80. The number of nitrogens with one attached hydrogen (secondary N) is 1. The lowest BCUT2D eigenvalue weighted by Gasteiger charge is -2.20. The van der Waals surface area contributed by atoms with Crippen LogP contribution in [0.1, 0.15) is 49.4 Å². The summed E-state index contributed by atoms with van der Waals surface area (Å²) >= 11 is 6.02. The second kappa shape index (κ2) is 8.72. The van der Waals surface area contributed by atoms with Crippen LogP contribution in [0.4, 0.5) is 0 Å². The number of rotatable bonds is 4. The zero-order chi connectivity index (χ0) is 17.6. The number of hydrogen-bond acceptors (Lipinski definition) is 3. The van der Waals surface area contributed by atoms with Crippen molar-refractivity contribution < 1.29 is 9.53 Å². The van der Waals surface area contributed by atoms with Crippen LogP contribution in [0.3, 0.4) is 0 Å². The molecule has 1 aliphatic heterocycles. The Morgan fingerprint density at radius 1 is 1.25 bits per heavy atom. The van der Waals surface area contributed by atoms with E-state index < -0.39 is 0 Å². The Bertz CT molecular complexity index is 548. The molecule has 1 saturated carbocycles. The lowest BCUT2D eigenvalue weighted by atomic mass is 9.95. The van der Waals surface area contributed by atoms with E-state index in [1.165, 1.54) is 43.7 Å². The number of carbonyl (C=O) groups excluding carboxylic acids is 1. The van der Waals surface area contributed by atoms with Crippen molar-refractivity contribution in [3.05, 3.63) is 28.8 Å². The van der Waals surface area contributed by atoms with E-state index >= 15 is 0 Å². The van der Waals surface area contributed by atoms with Crippen LogP contribution in [0.5, 0.6) is 5.75 Å². The molecule has 0 unspecified atom stereocenters. The molecule has 0 bridgehead atoms. The summed E-state index contributed by atoms with van der Waals surface area (Å²) in [6.45, 7) is 5.24. The Morgan fingerprint density at radius 2 is 1.92 bits per heavy atom. The summed E-state index contributed by atoms with van der Waals surface area (Å²) < 4.78 is 5.42. The SMILES string of the molecule is C1CC2(CCN1)CC2.CCCOc1ccc(C(=O)N(C)C)c(Cl)c1. The summed E-state index contributed by atoms with van der Waals surface area (Å²) in [6.07, 6.45) is 6.89. The van der Waals surface area contributed by atoms with E-state index in [1.807, 2.05) is 6.92 Å². The molecule has 1 N–H and O–H groups in total. The van der Waals surface area contributed by atoms with Crippen molar-refractivity contribution >= 4 is 17.5 Å². The van der Waals surface area contributed by atoms with E-state index in [9.17, 15) is 4.79 Å². The van der Waals surface area contributed by atoms with E-state index in [2.05, 4.69) is 5.32 Å². The number of ether oxygens (including phenoxy) is 1. The molecule has 2 fully saturated rings. The second-order valence-electron chi connectivity index (χ2n) is 6.94. The molecule has 2 aliphatic rings. The number of hydrogen-bond donors (Lipinski definition) is 1. The third-order valence-corrected chi connectivity index (χ3v) is 4.98. The molecule has 5 heteroatoms. The highest BCUT2D eigenvalue weighted by atomic mass is 35.5. The quantitative estimate of drug-likeness (QED) is 0.891. The molecule has 1 spiro atoms. The van der Waals surface area contributed by atoms with Gasteiger partial charge in [-0.15, -0.1) is 0 Å². The predicted octanol–water partition coefficient (Wildman–Crippen LogP) is 3.98. The van der Waals surface area contributed by atoms with Gasteiger partial charge in [0.25, 0.3) is 5.91 Å². The zero-order valence-electron chi connectivity index (χ0n) is 15.0. The first-order chi connectivity index (χ1) is 11.5. The Labute approximate surface area is 150 Å². The third kappa shape index (κ3) is 5.38. The summed E-state index contributed by atoms with van der Waals surface area (Å²) in [4.78, 5) is 13.2. The lowest BCUT2D eigenvalue weighted by Crippen LogP contribution is -2.28. The molecule has 3 rings (SSSR count). The summed E-state index contributed by atoms with van der Waals surface area (Å²) in [6, 6.07) is 5.13. The molecule has 24 heavy (non-hydrogen) atoms. The van der Waals surface area contributed by atoms with Gasteiger partial charge in [-0.2, -0.15) is 0 Å². The van der Waals surface area contributed by atoms with Crippen molar-refractivity contribution in [3.8, 4) is 5.75 Å². The van der Waals surface area contributed by atoms with Gasteiger partial charge in [0.1, 0.15) is 5.75 Å². The van der Waals surface area contributed by atoms with Crippen molar-refractivity contribution in [1.29, 1.82) is 0 Å². The minimum absolute atomic E-state index is 0.105. The molecule has 4 nitrogen and oxygen atoms in total. The van der Waals surface area contributed by atoms with Gasteiger partial charge in [0.2, 0.25) is 0 Å². The van der Waals surface area contributed by atoms with Crippen LogP contribution in [0.25, 0.3) is 0 Å². The van der Waals surface area contributed by atoms with Gasteiger partial charge in [-0.25, -0.2) is 0 Å². The highest BCUT2D eigenvalue weighted by molar-refractivity contribution is 6.34. The van der Waals surface area contributed by atoms with Gasteiger partial charge in [0.05, 0.1) is 17.2 Å². The number of benzene rings is 1. The highest BCUT2D eigenvalue weighted by Gasteiger charge is 2.42. The Morgan fingerprint density at radius 3 is 2.38 bits per heavy atom. The molecule has 1 aromatic rings. The molecule has 0 aromatic heterocycles. The molecule has 1 aromatic carbocycles. The van der Waals surface area contributed by atoms with Crippen molar-refractivity contribution in [3.63, 3.8) is 0 Å². The molecule has 134 valence electrons. The van der Waals surface area contributed by atoms with Gasteiger partial charge in [-0.05, 0) is 68.8 Å². The minimum atomic E-state index is -0.105. The van der Waals surface area contributed by atoms with Gasteiger partial charge in [-0.3, -0.25) is 4.79 Å². The topological polar surface area (TPSA) is 41.6 Å². The average molecular weight is 353 g/mol. The summed E-state index contributed by atoms with van der Waals surface area (Å²) in [7, 11) is 3.39. The average Bonchev–Trinajstić information content (AvgIpc) is 3.32. The lowest BCUT2D eigenvalue weighted by molar-refractivity contribution is 0.0827. The fraction of sp³-hybridized carbons (Fsp3) is 0.632. The monoisotopic (exact) mass is 352 g/mol. The molecular formula is C19H29ClN2O2. The summed E-state index contributed by atoms with van der Waals surface area (Å²) in [5.41, 5.74) is 1.36. The summed E-state index contributed by atoms with van der Waals surface area (Å²) in [5.74, 6) is 0.592. The predicted molar refractivity (Wildman–Crippen MR) is 99.0 cm³/mol. The van der Waals surface area contributed by atoms with Crippen LogP contribution >= 0.6 is 11.6 Å². The van der Waals surface area contributed by atoms with Crippen molar-refractivity contribution in [2.75, 3.05) is 33.8 Å². The standard InChI is InChI=1S/C12H16ClNO2.C7H13N/c1-4-7-16-9-5-6-10(11(13)8-9)12(15)14(2)3;1-2-7(1)3-5-8-6-4-7/h5-6,8H,4,7H2,1-3H3;8H,1-6H2. The molecule has 0 atom stereocenters. The van der Waals surface area contributed by atoms with Gasteiger partial charge in [0, 0.05) is 14.1 Å². The van der Waals surface area contributed by atoms with Crippen LogP contribution in [-0.2, 0) is 0 Å². The molecule has 1 aliphatic carbocycles. The van der Waals surface area contributed by atoms with Crippen molar-refractivity contribution in [2.45, 2.75) is 39.0 Å². The van der Waals surface area contributed by atoms with Gasteiger partial charge < -0.3 is 15.0 Å². The maximum absolute atomic E-state index is 11.7. The highest BCUT2D eigenvalue weighted by Crippen LogP contribution is 2.52. The Balaban J connectivity index is 0.000000214. The normalized spacial score (nSPS) is 17.7. The van der Waals surface area contributed by atoms with Gasteiger partial charge in [0.15, 0.2) is 0 Å². The fourth-order valence-electron chi connectivity index (χ4n) is 2.85. The first kappa shape index (κ1) is 19.1. The number of piperidine rings is 1. The smallest absolute Gasteiger partial charge is 0.254 e. The van der Waals surface area contributed by atoms with Gasteiger partial charge in [-0.1, -0.05) is 18.5 Å². The van der Waals surface area contributed by atoms with Crippen molar-refractivity contribution in [2.24, 2.45) is 5.41 Å². The molecular weight excluding hydrogens is 324 g/mol. The Hall–Kier alpha value is -1.26. The van der Waals surface area contributed by atoms with Crippen LogP contribution in [-0.4, -0.2) is 44.6 Å². The largest absolute Gasteiger partial charge is 0.494 e. The number of nitrogens with zero attached hydrogens (tertiary/aromatic N) is 1. The van der Waals surface area contributed by atoms with E-state index in [0.29, 0.717) is 22.9 Å². The van der Waals surface area contributed by atoms with E-state index in [0.717, 1.165) is 11.8 Å². The molecule has 1 saturated heterocycles. The Kier molecular flexibility index (Phi) is 6.93. The maximum Gasteiger partial charge on any atom is 0.254 e. The number of amides is 1. The number of halogens is 1. The first-order valence-electron chi connectivity index (χ1n) is 8.82. The molecule has 1 heterocycles. The third-order valence-electron chi connectivity index (χ3n) is 4.67. The van der Waals surface area contributed by atoms with Crippen LogP contribution in [0.15, 0.2) is 18.2 Å². The van der Waals surface area contributed by atoms with Crippen LogP contribution in [0.2, 0.25) is 5.02 Å². The van der Waals surface area contributed by atoms with Crippen LogP contribution < -0.4 is 10.1 Å². The van der Waals surface area contributed by atoms with Crippen LogP contribution in [0, 0.1) is 5.41 Å². The van der Waals surface area contributed by atoms with E-state index in [1.54, 1.807) is 32.3 Å². The zero-order valence-corrected chi connectivity index (χ0v) is 15.8.